The van der Waals surface area contributed by atoms with Gasteiger partial charge < -0.3 is 4.90 Å². The maximum atomic E-state index is 12.9. The van der Waals surface area contributed by atoms with E-state index in [2.05, 4.69) is 10.2 Å². The number of rotatable bonds is 4. The standard InChI is InChI=1S/C13H14FN5/c1-3-18(4-2)13-12(9-15)16-19(17-13)11-7-5-10(14)6-8-11/h5-8H,3-4H2,1-2H3. The van der Waals surface area contributed by atoms with Crippen LogP contribution in [0.3, 0.4) is 0 Å². The number of benzene rings is 1. The first-order valence-electron chi connectivity index (χ1n) is 6.08. The lowest BCUT2D eigenvalue weighted by Gasteiger charge is -2.16. The predicted octanol–water partition coefficient (Wildman–Crippen LogP) is 2.12. The summed E-state index contributed by atoms with van der Waals surface area (Å²) in [5.41, 5.74) is 0.893. The van der Waals surface area contributed by atoms with Gasteiger partial charge in [-0.1, -0.05) is 0 Å². The van der Waals surface area contributed by atoms with Gasteiger partial charge in [-0.05, 0) is 38.1 Å². The lowest BCUT2D eigenvalue weighted by Crippen LogP contribution is -2.23. The van der Waals surface area contributed by atoms with Crippen molar-refractivity contribution in [2.24, 2.45) is 0 Å². The van der Waals surface area contributed by atoms with Crippen molar-refractivity contribution >= 4 is 5.82 Å². The first-order valence-corrected chi connectivity index (χ1v) is 6.08. The van der Waals surface area contributed by atoms with E-state index in [0.29, 0.717) is 11.5 Å². The largest absolute Gasteiger partial charge is 0.353 e. The second-order valence-electron chi connectivity index (χ2n) is 3.92. The third-order valence-corrected chi connectivity index (χ3v) is 2.82. The van der Waals surface area contributed by atoms with E-state index in [1.807, 2.05) is 24.8 Å². The molecule has 0 atom stereocenters. The third-order valence-electron chi connectivity index (χ3n) is 2.82. The second kappa shape index (κ2) is 5.48. The molecule has 0 fully saturated rings. The molecule has 0 unspecified atom stereocenters. The normalized spacial score (nSPS) is 10.2. The van der Waals surface area contributed by atoms with E-state index in [-0.39, 0.29) is 11.5 Å². The van der Waals surface area contributed by atoms with Crippen LogP contribution < -0.4 is 4.90 Å². The summed E-state index contributed by atoms with van der Waals surface area (Å²) in [5.74, 6) is 0.234. The van der Waals surface area contributed by atoms with Gasteiger partial charge in [0.15, 0.2) is 5.82 Å². The Hall–Kier alpha value is -2.42. The van der Waals surface area contributed by atoms with Gasteiger partial charge in [-0.3, -0.25) is 0 Å². The molecule has 1 aromatic carbocycles. The number of anilines is 1. The number of aromatic nitrogens is 3. The smallest absolute Gasteiger partial charge is 0.207 e. The summed E-state index contributed by atoms with van der Waals surface area (Å²) in [7, 11) is 0. The molecule has 0 aliphatic carbocycles. The number of nitriles is 1. The van der Waals surface area contributed by atoms with Crippen LogP contribution in [0.25, 0.3) is 5.69 Å². The first-order chi connectivity index (χ1) is 9.19. The van der Waals surface area contributed by atoms with Crippen LogP contribution in [-0.4, -0.2) is 28.1 Å². The third kappa shape index (κ3) is 2.55. The van der Waals surface area contributed by atoms with Crippen molar-refractivity contribution in [3.8, 4) is 11.8 Å². The number of hydrogen-bond acceptors (Lipinski definition) is 4. The lowest BCUT2D eigenvalue weighted by atomic mass is 10.3. The van der Waals surface area contributed by atoms with Crippen LogP contribution in [0.5, 0.6) is 0 Å². The zero-order valence-corrected chi connectivity index (χ0v) is 10.8. The molecular formula is C13H14FN5. The van der Waals surface area contributed by atoms with Gasteiger partial charge in [-0.25, -0.2) is 4.39 Å². The fourth-order valence-corrected chi connectivity index (χ4v) is 1.80. The summed E-state index contributed by atoms with van der Waals surface area (Å²) < 4.78 is 12.9. The van der Waals surface area contributed by atoms with Gasteiger partial charge in [0.05, 0.1) is 5.69 Å². The molecule has 0 saturated heterocycles. The van der Waals surface area contributed by atoms with E-state index in [4.69, 9.17) is 5.26 Å². The molecule has 0 aliphatic heterocycles. The van der Waals surface area contributed by atoms with Gasteiger partial charge in [0.25, 0.3) is 0 Å². The number of nitrogens with zero attached hydrogens (tertiary/aromatic N) is 5. The summed E-state index contributed by atoms with van der Waals surface area (Å²) >= 11 is 0. The minimum absolute atomic E-state index is 0.271. The minimum atomic E-state index is -0.319. The van der Waals surface area contributed by atoms with Gasteiger partial charge >= 0.3 is 0 Å². The maximum Gasteiger partial charge on any atom is 0.207 e. The monoisotopic (exact) mass is 259 g/mol. The zero-order chi connectivity index (χ0) is 13.8. The summed E-state index contributed by atoms with van der Waals surface area (Å²) in [6, 6.07) is 7.85. The van der Waals surface area contributed by atoms with Crippen LogP contribution >= 0.6 is 0 Å². The molecule has 98 valence electrons. The molecule has 0 amide bonds. The average molecular weight is 259 g/mol. The van der Waals surface area contributed by atoms with Crippen LogP contribution in [0.1, 0.15) is 19.5 Å². The Kier molecular flexibility index (Phi) is 3.76. The highest BCUT2D eigenvalue weighted by atomic mass is 19.1. The van der Waals surface area contributed by atoms with Gasteiger partial charge in [-0.15, -0.1) is 15.0 Å². The molecule has 0 saturated carbocycles. The molecular weight excluding hydrogens is 245 g/mol. The Labute approximate surface area is 110 Å². The van der Waals surface area contributed by atoms with E-state index in [0.717, 1.165) is 13.1 Å². The number of hydrogen-bond donors (Lipinski definition) is 0. The molecule has 2 aromatic rings. The summed E-state index contributed by atoms with van der Waals surface area (Å²) in [4.78, 5) is 3.30. The molecule has 0 radical (unpaired) electrons. The van der Waals surface area contributed by atoms with Crippen molar-refractivity contribution in [3.63, 3.8) is 0 Å². The minimum Gasteiger partial charge on any atom is -0.353 e. The van der Waals surface area contributed by atoms with E-state index < -0.39 is 0 Å². The predicted molar refractivity (Wildman–Crippen MR) is 69.6 cm³/mol. The maximum absolute atomic E-state index is 12.9. The van der Waals surface area contributed by atoms with E-state index in [1.54, 1.807) is 12.1 Å². The van der Waals surface area contributed by atoms with Gasteiger partial charge in [0.1, 0.15) is 11.9 Å². The van der Waals surface area contributed by atoms with E-state index in [1.165, 1.54) is 16.9 Å². The van der Waals surface area contributed by atoms with Crippen molar-refractivity contribution in [3.05, 3.63) is 35.8 Å². The highest BCUT2D eigenvalue weighted by molar-refractivity contribution is 5.50. The highest BCUT2D eigenvalue weighted by Gasteiger charge is 2.16. The summed E-state index contributed by atoms with van der Waals surface area (Å²) in [6.45, 7) is 5.46. The highest BCUT2D eigenvalue weighted by Crippen LogP contribution is 2.17. The fourth-order valence-electron chi connectivity index (χ4n) is 1.80. The van der Waals surface area contributed by atoms with Crippen molar-refractivity contribution in [1.29, 1.82) is 5.26 Å². The van der Waals surface area contributed by atoms with Crippen molar-refractivity contribution in [2.45, 2.75) is 13.8 Å². The van der Waals surface area contributed by atoms with Crippen molar-refractivity contribution in [2.75, 3.05) is 18.0 Å². The summed E-state index contributed by atoms with van der Waals surface area (Å²) in [5, 5.41) is 17.5. The number of halogens is 1. The average Bonchev–Trinajstić information content (AvgIpc) is 2.85. The topological polar surface area (TPSA) is 57.7 Å². The molecule has 1 heterocycles. The van der Waals surface area contributed by atoms with Crippen LogP contribution in [0.2, 0.25) is 0 Å². The van der Waals surface area contributed by atoms with E-state index in [9.17, 15) is 4.39 Å². The molecule has 0 aliphatic rings. The van der Waals surface area contributed by atoms with Crippen LogP contribution in [0.4, 0.5) is 10.2 Å². The Morgan fingerprint density at radius 2 is 1.84 bits per heavy atom. The van der Waals surface area contributed by atoms with Gasteiger partial charge in [0.2, 0.25) is 5.69 Å². The van der Waals surface area contributed by atoms with Crippen LogP contribution in [0.15, 0.2) is 24.3 Å². The van der Waals surface area contributed by atoms with Crippen molar-refractivity contribution in [1.82, 2.24) is 15.0 Å². The van der Waals surface area contributed by atoms with E-state index >= 15 is 0 Å². The molecule has 0 N–H and O–H groups in total. The van der Waals surface area contributed by atoms with Crippen molar-refractivity contribution < 1.29 is 4.39 Å². The lowest BCUT2D eigenvalue weighted by molar-refractivity contribution is 0.626. The SMILES string of the molecule is CCN(CC)c1nn(-c2ccc(F)cc2)nc1C#N. The first kappa shape index (κ1) is 13.0. The molecule has 19 heavy (non-hydrogen) atoms. The molecule has 6 heteroatoms. The Balaban J connectivity index is 2.44. The molecule has 0 bridgehead atoms. The van der Waals surface area contributed by atoms with Crippen LogP contribution in [-0.2, 0) is 0 Å². The Bertz CT molecular complexity index is 592. The zero-order valence-electron chi connectivity index (χ0n) is 10.8. The van der Waals surface area contributed by atoms with Gasteiger partial charge in [0, 0.05) is 13.1 Å². The summed E-state index contributed by atoms with van der Waals surface area (Å²) in [6.07, 6.45) is 0. The quantitative estimate of drug-likeness (QED) is 0.844. The van der Waals surface area contributed by atoms with Crippen LogP contribution in [0, 0.1) is 17.1 Å². The molecule has 0 spiro atoms. The molecule has 1 aromatic heterocycles. The molecule has 2 rings (SSSR count). The molecule has 5 nitrogen and oxygen atoms in total. The fraction of sp³-hybridized carbons (Fsp3) is 0.308. The van der Waals surface area contributed by atoms with Gasteiger partial charge in [-0.2, -0.15) is 5.26 Å². The Morgan fingerprint density at radius 1 is 1.21 bits per heavy atom. The second-order valence-corrected chi connectivity index (χ2v) is 3.92. The Morgan fingerprint density at radius 3 is 2.37 bits per heavy atom.